The third-order valence-electron chi connectivity index (χ3n) is 5.30. The number of carboxylic acid groups (broad SMARTS) is 1. The van der Waals surface area contributed by atoms with E-state index in [4.69, 9.17) is 25.8 Å². The fraction of sp³-hybridized carbons (Fsp3) is 0.214. The van der Waals surface area contributed by atoms with E-state index in [1.54, 1.807) is 62.6 Å². The SMILES string of the molecule is CN(C)C(=O)c1ccc(C(=O)N[C@@H](COc2cccc(C(=N)N)c2)Cc2ccccc2)cc1.O=C(O)C(F)(F)F. The zero-order valence-corrected chi connectivity index (χ0v) is 21.7. The monoisotopic (exact) mass is 558 g/mol. The summed E-state index contributed by atoms with van der Waals surface area (Å²) in [6.45, 7) is 0.235. The van der Waals surface area contributed by atoms with Crippen molar-refractivity contribution in [3.05, 3.63) is 101 Å². The van der Waals surface area contributed by atoms with Gasteiger partial charge in [-0.3, -0.25) is 15.0 Å². The first-order chi connectivity index (χ1) is 18.8. The van der Waals surface area contributed by atoms with Gasteiger partial charge in [0.2, 0.25) is 0 Å². The van der Waals surface area contributed by atoms with Gasteiger partial charge in [0.25, 0.3) is 11.8 Å². The van der Waals surface area contributed by atoms with Crippen LogP contribution < -0.4 is 15.8 Å². The molecule has 0 bridgehead atoms. The number of alkyl halides is 3. The molecule has 3 aromatic rings. The molecule has 0 saturated carbocycles. The first kappa shape index (κ1) is 31.3. The Bertz CT molecular complexity index is 1310. The van der Waals surface area contributed by atoms with Crippen LogP contribution in [-0.4, -0.2) is 66.5 Å². The highest BCUT2D eigenvalue weighted by atomic mass is 19.4. The second-order valence-electron chi connectivity index (χ2n) is 8.69. The van der Waals surface area contributed by atoms with Gasteiger partial charge >= 0.3 is 12.1 Å². The standard InChI is InChI=1S/C26H28N4O3.C2HF3O2/c1-30(2)26(32)20-13-11-19(12-14-20)25(31)29-22(15-18-7-4-3-5-8-18)17-33-23-10-6-9-21(16-23)24(27)28;3-2(4,5)1(6)7/h3-14,16,22H,15,17H2,1-2H3,(H3,27,28)(H,29,31);(H,6,7)/t22-;/m1./s1. The molecule has 0 fully saturated rings. The average molecular weight is 559 g/mol. The van der Waals surface area contributed by atoms with Crippen molar-refractivity contribution in [2.24, 2.45) is 5.73 Å². The number of carbonyl (C=O) groups excluding carboxylic acids is 2. The lowest BCUT2D eigenvalue weighted by molar-refractivity contribution is -0.192. The van der Waals surface area contributed by atoms with Gasteiger partial charge in [0.1, 0.15) is 18.2 Å². The summed E-state index contributed by atoms with van der Waals surface area (Å²) in [6, 6.07) is 23.1. The molecule has 40 heavy (non-hydrogen) atoms. The lowest BCUT2D eigenvalue weighted by atomic mass is 10.1. The molecule has 0 aliphatic rings. The van der Waals surface area contributed by atoms with Crippen molar-refractivity contribution in [1.29, 1.82) is 5.41 Å². The van der Waals surface area contributed by atoms with Crippen molar-refractivity contribution in [3.63, 3.8) is 0 Å². The molecule has 5 N–H and O–H groups in total. The molecule has 2 amide bonds. The minimum Gasteiger partial charge on any atom is -0.491 e. The molecule has 3 aromatic carbocycles. The van der Waals surface area contributed by atoms with Gasteiger partial charge < -0.3 is 25.8 Å². The number of amides is 2. The second-order valence-corrected chi connectivity index (χ2v) is 8.69. The summed E-state index contributed by atoms with van der Waals surface area (Å²) in [5, 5.41) is 17.8. The van der Waals surface area contributed by atoms with Crippen LogP contribution in [0.2, 0.25) is 0 Å². The van der Waals surface area contributed by atoms with Crippen LogP contribution in [0, 0.1) is 5.41 Å². The predicted molar refractivity (Wildman–Crippen MR) is 143 cm³/mol. The lowest BCUT2D eigenvalue weighted by Gasteiger charge is -2.20. The van der Waals surface area contributed by atoms with Crippen molar-refractivity contribution >= 4 is 23.6 Å². The fourth-order valence-corrected chi connectivity index (χ4v) is 3.29. The van der Waals surface area contributed by atoms with Gasteiger partial charge in [0.05, 0.1) is 6.04 Å². The quantitative estimate of drug-likeness (QED) is 0.233. The van der Waals surface area contributed by atoms with Gasteiger partial charge in [-0.25, -0.2) is 4.79 Å². The predicted octanol–water partition coefficient (Wildman–Crippen LogP) is 3.73. The molecule has 212 valence electrons. The highest BCUT2D eigenvalue weighted by Gasteiger charge is 2.38. The summed E-state index contributed by atoms with van der Waals surface area (Å²) in [7, 11) is 3.37. The Morgan fingerprint density at radius 2 is 1.52 bits per heavy atom. The van der Waals surface area contributed by atoms with Crippen molar-refractivity contribution in [2.45, 2.75) is 18.6 Å². The first-order valence-electron chi connectivity index (χ1n) is 11.8. The molecule has 0 aliphatic heterocycles. The summed E-state index contributed by atoms with van der Waals surface area (Å²) in [4.78, 5) is 35.4. The van der Waals surface area contributed by atoms with Crippen LogP contribution in [0.15, 0.2) is 78.9 Å². The van der Waals surface area contributed by atoms with Crippen LogP contribution in [0.4, 0.5) is 13.2 Å². The van der Waals surface area contributed by atoms with Gasteiger partial charge in [0.15, 0.2) is 0 Å². The van der Waals surface area contributed by atoms with Crippen LogP contribution in [0.5, 0.6) is 5.75 Å². The third-order valence-corrected chi connectivity index (χ3v) is 5.30. The lowest BCUT2D eigenvalue weighted by Crippen LogP contribution is -2.40. The summed E-state index contributed by atoms with van der Waals surface area (Å²) >= 11 is 0. The zero-order chi connectivity index (χ0) is 29.9. The van der Waals surface area contributed by atoms with E-state index in [1.165, 1.54) is 4.90 Å². The smallest absolute Gasteiger partial charge is 0.490 e. The number of nitrogens with one attached hydrogen (secondary N) is 2. The number of amidine groups is 1. The summed E-state index contributed by atoms with van der Waals surface area (Å²) in [6.07, 6.45) is -4.50. The number of ether oxygens (including phenoxy) is 1. The molecule has 0 aliphatic carbocycles. The van der Waals surface area contributed by atoms with Crippen molar-refractivity contribution in [1.82, 2.24) is 10.2 Å². The number of carbonyl (C=O) groups is 3. The summed E-state index contributed by atoms with van der Waals surface area (Å²) in [5.74, 6) is -2.59. The van der Waals surface area contributed by atoms with Crippen LogP contribution in [0.3, 0.4) is 0 Å². The van der Waals surface area contributed by atoms with Crippen molar-refractivity contribution in [3.8, 4) is 5.75 Å². The molecular formula is C28H29F3N4O5. The van der Waals surface area contributed by atoms with Crippen LogP contribution in [0.1, 0.15) is 31.8 Å². The number of halogens is 3. The maximum Gasteiger partial charge on any atom is 0.490 e. The number of hydrogen-bond acceptors (Lipinski definition) is 5. The number of nitrogens with zero attached hydrogens (tertiary/aromatic N) is 1. The van der Waals surface area contributed by atoms with Crippen molar-refractivity contribution < 1.29 is 37.4 Å². The molecule has 12 heteroatoms. The molecule has 0 spiro atoms. The molecule has 0 saturated heterocycles. The first-order valence-corrected chi connectivity index (χ1v) is 11.8. The summed E-state index contributed by atoms with van der Waals surface area (Å²) in [5.41, 5.74) is 8.18. The van der Waals surface area contributed by atoms with E-state index >= 15 is 0 Å². The molecule has 0 radical (unpaired) electrons. The molecule has 0 heterocycles. The van der Waals surface area contributed by atoms with Crippen LogP contribution >= 0.6 is 0 Å². The molecule has 9 nitrogen and oxygen atoms in total. The Kier molecular flexibility index (Phi) is 11.2. The van der Waals surface area contributed by atoms with Crippen molar-refractivity contribution in [2.75, 3.05) is 20.7 Å². The molecule has 0 unspecified atom stereocenters. The maximum atomic E-state index is 12.9. The number of benzene rings is 3. The van der Waals surface area contributed by atoms with Gasteiger partial charge in [-0.05, 0) is 48.4 Å². The van der Waals surface area contributed by atoms with Crippen LogP contribution in [-0.2, 0) is 11.2 Å². The fourth-order valence-electron chi connectivity index (χ4n) is 3.29. The Labute approximate surface area is 228 Å². The van der Waals surface area contributed by atoms with Gasteiger partial charge in [-0.15, -0.1) is 0 Å². The maximum absolute atomic E-state index is 12.9. The van der Waals surface area contributed by atoms with E-state index in [0.717, 1.165) is 5.56 Å². The summed E-state index contributed by atoms with van der Waals surface area (Å²) < 4.78 is 37.7. The second kappa shape index (κ2) is 14.3. The molecule has 3 rings (SSSR count). The Hall–Kier alpha value is -4.87. The van der Waals surface area contributed by atoms with E-state index < -0.39 is 12.1 Å². The Morgan fingerprint density at radius 1 is 0.950 bits per heavy atom. The molecule has 0 aromatic heterocycles. The number of aliphatic carboxylic acids is 1. The highest BCUT2D eigenvalue weighted by Crippen LogP contribution is 2.15. The molecular weight excluding hydrogens is 529 g/mol. The Morgan fingerprint density at radius 3 is 2.05 bits per heavy atom. The number of nitrogen functional groups attached to an aromatic ring is 1. The number of hydrogen-bond donors (Lipinski definition) is 4. The van der Waals surface area contributed by atoms with E-state index in [1.807, 2.05) is 30.3 Å². The van der Waals surface area contributed by atoms with E-state index in [-0.39, 0.29) is 30.3 Å². The molecule has 1 atom stereocenters. The minimum atomic E-state index is -5.08. The van der Waals surface area contributed by atoms with E-state index in [9.17, 15) is 22.8 Å². The highest BCUT2D eigenvalue weighted by molar-refractivity contribution is 5.98. The van der Waals surface area contributed by atoms with Crippen LogP contribution in [0.25, 0.3) is 0 Å². The van der Waals surface area contributed by atoms with E-state index in [0.29, 0.717) is 28.9 Å². The van der Waals surface area contributed by atoms with Gasteiger partial charge in [-0.2, -0.15) is 13.2 Å². The van der Waals surface area contributed by atoms with Gasteiger partial charge in [-0.1, -0.05) is 42.5 Å². The van der Waals surface area contributed by atoms with E-state index in [2.05, 4.69) is 5.32 Å². The Balaban J connectivity index is 0.000000708. The third kappa shape index (κ3) is 10.1. The topological polar surface area (TPSA) is 146 Å². The number of rotatable bonds is 9. The largest absolute Gasteiger partial charge is 0.491 e. The normalized spacial score (nSPS) is 11.3. The number of nitrogens with two attached hydrogens (primary N) is 1. The van der Waals surface area contributed by atoms with Gasteiger partial charge in [0, 0.05) is 30.8 Å². The number of carboxylic acids is 1. The minimum absolute atomic E-state index is 0.0363. The average Bonchev–Trinajstić information content (AvgIpc) is 2.91. The zero-order valence-electron chi connectivity index (χ0n) is 21.7.